The van der Waals surface area contributed by atoms with Gasteiger partial charge in [0.25, 0.3) is 0 Å². The van der Waals surface area contributed by atoms with Crippen LogP contribution in [0.1, 0.15) is 74.8 Å². The van der Waals surface area contributed by atoms with Gasteiger partial charge in [-0.05, 0) is 67.4 Å². The molecule has 1 aromatic carbocycles. The summed E-state index contributed by atoms with van der Waals surface area (Å²) in [5.74, 6) is 0.673. The third-order valence-electron chi connectivity index (χ3n) is 2.55. The Kier molecular flexibility index (Phi) is 37.2. The standard InChI is InChI=1S/C12H19NO2.4C3H8O.Ti/c1-9(2)11(8-14)13-7-10-5-3-4-6-12(10)15;4*1-3(2)4;/h3-6,9,11,13-15H,7-8H2,1-2H3;4*3-4H,1-2H3;/q;;;;;+4/t11-;;;;;/m1...../s1. The Bertz CT molecular complexity index is 437. The van der Waals surface area contributed by atoms with Gasteiger partial charge in [0.05, 0.1) is 6.61 Å². The van der Waals surface area contributed by atoms with Crippen LogP contribution in [0.25, 0.3) is 0 Å². The molecule has 7 N–H and O–H groups in total. The predicted octanol–water partition coefficient (Wildman–Crippen LogP) is 3.04. The van der Waals surface area contributed by atoms with Gasteiger partial charge in [-0.25, -0.2) is 0 Å². The second-order valence-corrected chi connectivity index (χ2v) is 8.42. The van der Waals surface area contributed by atoms with Crippen LogP contribution >= 0.6 is 0 Å². The van der Waals surface area contributed by atoms with E-state index in [1.54, 1.807) is 67.5 Å². The smallest absolute Gasteiger partial charge is 0.508 e. The van der Waals surface area contributed by atoms with Crippen molar-refractivity contribution in [2.75, 3.05) is 6.61 Å². The summed E-state index contributed by atoms with van der Waals surface area (Å²) in [7, 11) is 0. The van der Waals surface area contributed by atoms with Crippen molar-refractivity contribution in [3.8, 4) is 5.75 Å². The fourth-order valence-corrected chi connectivity index (χ4v) is 1.41. The van der Waals surface area contributed by atoms with Crippen molar-refractivity contribution in [2.24, 2.45) is 5.92 Å². The number of para-hydroxylation sites is 1. The summed E-state index contributed by atoms with van der Waals surface area (Å²) in [4.78, 5) is 0. The van der Waals surface area contributed by atoms with Crippen LogP contribution in [0.4, 0.5) is 0 Å². The molecule has 1 atom stereocenters. The van der Waals surface area contributed by atoms with Crippen molar-refractivity contribution >= 4 is 0 Å². The minimum absolute atomic E-state index is 0. The summed E-state index contributed by atoms with van der Waals surface area (Å²) in [5.41, 5.74) is 0.858. The Balaban J connectivity index is -0.000000118. The number of phenolic OH excluding ortho intramolecular Hbond substituents is 1. The van der Waals surface area contributed by atoms with Gasteiger partial charge in [-0.2, -0.15) is 0 Å². The first-order chi connectivity index (χ1) is 14.1. The molecule has 0 saturated heterocycles. The molecule has 0 fully saturated rings. The van der Waals surface area contributed by atoms with E-state index in [0.717, 1.165) is 5.56 Å². The van der Waals surface area contributed by atoms with Crippen LogP contribution in [0.5, 0.6) is 5.75 Å². The minimum atomic E-state index is -0.167. The van der Waals surface area contributed by atoms with Gasteiger partial charge >= 0.3 is 21.7 Å². The Morgan fingerprint density at radius 2 is 1.00 bits per heavy atom. The van der Waals surface area contributed by atoms with Gasteiger partial charge in [-0.1, -0.05) is 32.0 Å². The Morgan fingerprint density at radius 3 is 1.25 bits per heavy atom. The zero-order valence-electron chi connectivity index (χ0n) is 21.9. The van der Waals surface area contributed by atoms with Crippen molar-refractivity contribution < 1.29 is 52.4 Å². The zero-order chi connectivity index (χ0) is 25.6. The van der Waals surface area contributed by atoms with Gasteiger partial charge in [0.15, 0.2) is 0 Å². The maximum Gasteiger partial charge on any atom is 4.00 e. The molecular formula is C24H51NO6Ti+4. The molecule has 0 aromatic heterocycles. The molecule has 0 amide bonds. The normalized spacial score (nSPS) is 10.6. The van der Waals surface area contributed by atoms with Crippen molar-refractivity contribution in [2.45, 2.75) is 106 Å². The second kappa shape index (κ2) is 28.5. The molecule has 7 nitrogen and oxygen atoms in total. The number of hydrogen-bond donors (Lipinski definition) is 7. The first-order valence-corrected chi connectivity index (χ1v) is 10.9. The summed E-state index contributed by atoms with van der Waals surface area (Å²) >= 11 is 0. The third-order valence-corrected chi connectivity index (χ3v) is 2.55. The molecule has 0 radical (unpaired) electrons. The average Bonchev–Trinajstić information content (AvgIpc) is 2.54. The first-order valence-electron chi connectivity index (χ1n) is 10.9. The van der Waals surface area contributed by atoms with E-state index in [2.05, 4.69) is 19.2 Å². The van der Waals surface area contributed by atoms with Crippen LogP contribution in [-0.2, 0) is 28.3 Å². The van der Waals surface area contributed by atoms with Crippen LogP contribution in [0, 0.1) is 5.92 Å². The van der Waals surface area contributed by atoms with E-state index in [0.29, 0.717) is 18.2 Å². The molecule has 0 bridgehead atoms. The van der Waals surface area contributed by atoms with Crippen molar-refractivity contribution in [3.63, 3.8) is 0 Å². The van der Waals surface area contributed by atoms with Gasteiger partial charge in [-0.15, -0.1) is 0 Å². The largest absolute Gasteiger partial charge is 4.00 e. The van der Waals surface area contributed by atoms with Crippen LogP contribution in [0.2, 0.25) is 0 Å². The summed E-state index contributed by atoms with van der Waals surface area (Å²) in [6, 6.07) is 7.30. The van der Waals surface area contributed by atoms with E-state index < -0.39 is 0 Å². The Labute approximate surface area is 211 Å². The molecule has 0 heterocycles. The average molecular weight is 498 g/mol. The second-order valence-electron chi connectivity index (χ2n) is 8.42. The van der Waals surface area contributed by atoms with Gasteiger partial charge in [0, 0.05) is 42.6 Å². The SMILES string of the molecule is CC(C)O.CC(C)O.CC(C)O.CC(C)O.CC(C)[C@@H](CO)NCc1ccccc1O.[Ti+4]. The molecule has 0 aliphatic heterocycles. The number of benzene rings is 1. The van der Waals surface area contributed by atoms with Crippen LogP contribution < -0.4 is 5.32 Å². The van der Waals surface area contributed by atoms with E-state index in [9.17, 15) is 5.11 Å². The Morgan fingerprint density at radius 1 is 0.688 bits per heavy atom. The van der Waals surface area contributed by atoms with Gasteiger partial charge in [0.1, 0.15) is 5.75 Å². The molecule has 0 spiro atoms. The first kappa shape index (κ1) is 41.7. The van der Waals surface area contributed by atoms with Gasteiger partial charge < -0.3 is 36.0 Å². The molecule has 0 unspecified atom stereocenters. The van der Waals surface area contributed by atoms with Crippen molar-refractivity contribution in [3.05, 3.63) is 29.8 Å². The topological polar surface area (TPSA) is 133 Å². The molecule has 0 saturated carbocycles. The maximum absolute atomic E-state index is 9.53. The number of aliphatic hydroxyl groups is 5. The van der Waals surface area contributed by atoms with E-state index in [1.165, 1.54) is 0 Å². The molecule has 8 heteroatoms. The van der Waals surface area contributed by atoms with Crippen molar-refractivity contribution in [1.29, 1.82) is 0 Å². The summed E-state index contributed by atoms with van der Waals surface area (Å²) < 4.78 is 0. The summed E-state index contributed by atoms with van der Waals surface area (Å²) in [6.07, 6.45) is -0.667. The predicted molar refractivity (Wildman–Crippen MR) is 130 cm³/mol. The van der Waals surface area contributed by atoms with Gasteiger partial charge in [-0.3, -0.25) is 0 Å². The number of hydrogen-bond acceptors (Lipinski definition) is 7. The van der Waals surface area contributed by atoms with E-state index in [-0.39, 0.29) is 58.8 Å². The van der Waals surface area contributed by atoms with Crippen LogP contribution in [0.15, 0.2) is 24.3 Å². The molecule has 188 valence electrons. The molecule has 0 aliphatic carbocycles. The monoisotopic (exact) mass is 497 g/mol. The third kappa shape index (κ3) is 51.8. The number of rotatable bonds is 5. The molecule has 1 aromatic rings. The molecule has 0 aliphatic rings. The summed E-state index contributed by atoms with van der Waals surface area (Å²) in [5, 5.41) is 54.1. The van der Waals surface area contributed by atoms with Crippen LogP contribution in [0.3, 0.4) is 0 Å². The van der Waals surface area contributed by atoms with Gasteiger partial charge in [0.2, 0.25) is 0 Å². The number of nitrogens with one attached hydrogen (secondary N) is 1. The van der Waals surface area contributed by atoms with Crippen molar-refractivity contribution in [1.82, 2.24) is 5.32 Å². The fourth-order valence-electron chi connectivity index (χ4n) is 1.41. The molecule has 1 rings (SSSR count). The van der Waals surface area contributed by atoms with E-state index in [4.69, 9.17) is 25.5 Å². The summed E-state index contributed by atoms with van der Waals surface area (Å²) in [6.45, 7) is 18.6. The zero-order valence-corrected chi connectivity index (χ0v) is 23.4. The maximum atomic E-state index is 9.53. The number of aliphatic hydroxyl groups excluding tert-OH is 5. The quantitative estimate of drug-likeness (QED) is 0.311. The number of aromatic hydroxyl groups is 1. The minimum Gasteiger partial charge on any atom is -0.508 e. The Hall–Kier alpha value is -0.506. The van der Waals surface area contributed by atoms with E-state index in [1.807, 2.05) is 12.1 Å². The van der Waals surface area contributed by atoms with E-state index >= 15 is 0 Å². The molecular weight excluding hydrogens is 446 g/mol. The van der Waals surface area contributed by atoms with Crippen LogP contribution in [-0.4, -0.2) is 67.7 Å². The molecule has 32 heavy (non-hydrogen) atoms. The fraction of sp³-hybridized carbons (Fsp3) is 0.750. The number of phenols is 1.